The predicted molar refractivity (Wildman–Crippen MR) is 115 cm³/mol. The predicted octanol–water partition coefficient (Wildman–Crippen LogP) is 3.95. The zero-order valence-corrected chi connectivity index (χ0v) is 17.0. The van der Waals surface area contributed by atoms with E-state index in [1.54, 1.807) is 24.4 Å². The second-order valence-corrected chi connectivity index (χ2v) is 7.67. The van der Waals surface area contributed by atoms with Gasteiger partial charge in [0, 0.05) is 29.8 Å². The molecule has 0 aliphatic carbocycles. The number of hydrogen-bond donors (Lipinski definition) is 2. The Morgan fingerprint density at radius 1 is 1.17 bits per heavy atom. The van der Waals surface area contributed by atoms with Crippen LogP contribution in [0.15, 0.2) is 67.0 Å². The molecule has 29 heavy (non-hydrogen) atoms. The lowest BCUT2D eigenvalue weighted by Gasteiger charge is -2.31. The maximum Gasteiger partial charge on any atom is 0.335 e. The van der Waals surface area contributed by atoms with Gasteiger partial charge >= 0.3 is 5.97 Å². The van der Waals surface area contributed by atoms with E-state index in [2.05, 4.69) is 35.1 Å². The molecule has 7 heteroatoms. The molecule has 148 valence electrons. The average molecular weight is 407 g/mol. The highest BCUT2D eigenvalue weighted by molar-refractivity contribution is 7.80. The van der Waals surface area contributed by atoms with Crippen LogP contribution in [0.1, 0.15) is 47.7 Å². The van der Waals surface area contributed by atoms with E-state index in [-0.39, 0.29) is 23.7 Å². The van der Waals surface area contributed by atoms with Crippen molar-refractivity contribution in [3.8, 4) is 5.69 Å². The fourth-order valence-corrected chi connectivity index (χ4v) is 4.35. The van der Waals surface area contributed by atoms with Crippen molar-refractivity contribution >= 4 is 23.3 Å². The molecule has 0 saturated carbocycles. The first-order valence-corrected chi connectivity index (χ1v) is 9.89. The van der Waals surface area contributed by atoms with E-state index in [0.717, 1.165) is 17.1 Å². The maximum absolute atomic E-state index is 11.4. The zero-order chi connectivity index (χ0) is 20.5. The highest BCUT2D eigenvalue weighted by atomic mass is 32.1. The molecule has 3 aromatic rings. The van der Waals surface area contributed by atoms with E-state index in [1.807, 2.05) is 41.1 Å². The Balaban J connectivity index is 1.83. The van der Waals surface area contributed by atoms with Gasteiger partial charge in [0.05, 0.1) is 23.3 Å². The van der Waals surface area contributed by atoms with Crippen molar-refractivity contribution in [3.63, 3.8) is 0 Å². The molecule has 2 N–H and O–H groups in total. The van der Waals surface area contributed by atoms with Crippen molar-refractivity contribution < 1.29 is 9.90 Å². The summed E-state index contributed by atoms with van der Waals surface area (Å²) in [5.41, 5.74) is 2.98. The lowest BCUT2D eigenvalue weighted by Crippen LogP contribution is -2.36. The van der Waals surface area contributed by atoms with Gasteiger partial charge in [-0.05, 0) is 68.5 Å². The van der Waals surface area contributed by atoms with Crippen LogP contribution in [0.25, 0.3) is 5.69 Å². The van der Waals surface area contributed by atoms with E-state index < -0.39 is 5.97 Å². The van der Waals surface area contributed by atoms with Crippen molar-refractivity contribution in [1.29, 1.82) is 0 Å². The van der Waals surface area contributed by atoms with Gasteiger partial charge in [0.2, 0.25) is 0 Å². The van der Waals surface area contributed by atoms with E-state index in [0.29, 0.717) is 5.11 Å². The third kappa shape index (κ3) is 3.49. The van der Waals surface area contributed by atoms with Crippen LogP contribution in [0.4, 0.5) is 0 Å². The topological polar surface area (TPSA) is 70.4 Å². The largest absolute Gasteiger partial charge is 0.478 e. The van der Waals surface area contributed by atoms with E-state index >= 15 is 0 Å². The summed E-state index contributed by atoms with van der Waals surface area (Å²) in [7, 11) is 0. The SMILES string of the molecule is CC(C)N1C(=S)N[C@@H](c2ccccn2)[C@H]1c1cccn1-c1cccc(C(=O)O)c1. The van der Waals surface area contributed by atoms with Gasteiger partial charge < -0.3 is 19.9 Å². The Morgan fingerprint density at radius 3 is 2.69 bits per heavy atom. The summed E-state index contributed by atoms with van der Waals surface area (Å²) in [4.78, 5) is 18.2. The molecular weight excluding hydrogens is 384 g/mol. The Bertz CT molecular complexity index is 1050. The van der Waals surface area contributed by atoms with Crippen LogP contribution in [-0.4, -0.2) is 36.7 Å². The van der Waals surface area contributed by atoms with Crippen LogP contribution in [0.3, 0.4) is 0 Å². The Labute approximate surface area is 174 Å². The molecule has 1 aliphatic rings. The summed E-state index contributed by atoms with van der Waals surface area (Å²) in [5, 5.41) is 13.5. The van der Waals surface area contributed by atoms with E-state index in [4.69, 9.17) is 12.2 Å². The summed E-state index contributed by atoms with van der Waals surface area (Å²) < 4.78 is 2.03. The first kappa shape index (κ1) is 19.1. The van der Waals surface area contributed by atoms with Crippen LogP contribution >= 0.6 is 12.2 Å². The van der Waals surface area contributed by atoms with Crippen LogP contribution < -0.4 is 5.32 Å². The highest BCUT2D eigenvalue weighted by Gasteiger charge is 2.42. The van der Waals surface area contributed by atoms with Gasteiger partial charge in [-0.1, -0.05) is 12.1 Å². The number of nitrogens with zero attached hydrogens (tertiary/aromatic N) is 3. The van der Waals surface area contributed by atoms with Gasteiger partial charge in [0.1, 0.15) is 0 Å². The van der Waals surface area contributed by atoms with Gasteiger partial charge in [-0.2, -0.15) is 0 Å². The number of pyridine rings is 1. The Hall–Kier alpha value is -3.19. The smallest absolute Gasteiger partial charge is 0.335 e. The van der Waals surface area contributed by atoms with Crippen molar-refractivity contribution in [2.45, 2.75) is 32.0 Å². The molecular formula is C22H22N4O2S. The lowest BCUT2D eigenvalue weighted by atomic mass is 10.00. The molecule has 1 aromatic carbocycles. The molecule has 0 bridgehead atoms. The minimum atomic E-state index is -0.945. The van der Waals surface area contributed by atoms with Crippen molar-refractivity contribution in [2.24, 2.45) is 0 Å². The van der Waals surface area contributed by atoms with Gasteiger partial charge in [-0.25, -0.2) is 4.79 Å². The number of nitrogens with one attached hydrogen (secondary N) is 1. The molecule has 0 unspecified atom stereocenters. The van der Waals surface area contributed by atoms with E-state index in [1.165, 1.54) is 0 Å². The highest BCUT2D eigenvalue weighted by Crippen LogP contribution is 2.40. The maximum atomic E-state index is 11.4. The summed E-state index contributed by atoms with van der Waals surface area (Å²) in [6.45, 7) is 4.22. The van der Waals surface area contributed by atoms with Crippen LogP contribution in [-0.2, 0) is 0 Å². The minimum absolute atomic E-state index is 0.0825. The summed E-state index contributed by atoms with van der Waals surface area (Å²) >= 11 is 5.66. The monoisotopic (exact) mass is 406 g/mol. The number of hydrogen-bond acceptors (Lipinski definition) is 3. The molecule has 2 aromatic heterocycles. The molecule has 4 rings (SSSR count). The number of carbonyl (C=O) groups is 1. The second kappa shape index (κ2) is 7.67. The Kier molecular flexibility index (Phi) is 5.07. The zero-order valence-electron chi connectivity index (χ0n) is 16.2. The first-order chi connectivity index (χ1) is 14.0. The molecule has 1 saturated heterocycles. The summed E-state index contributed by atoms with van der Waals surface area (Å²) in [6.07, 6.45) is 3.73. The molecule has 2 atom stereocenters. The third-order valence-corrected chi connectivity index (χ3v) is 5.47. The first-order valence-electron chi connectivity index (χ1n) is 9.48. The van der Waals surface area contributed by atoms with Crippen LogP contribution in [0.5, 0.6) is 0 Å². The number of benzene rings is 1. The van der Waals surface area contributed by atoms with Gasteiger partial charge in [0.25, 0.3) is 0 Å². The number of thiocarbonyl (C=S) groups is 1. The number of carboxylic acids is 1. The molecule has 1 aliphatic heterocycles. The number of aromatic carboxylic acids is 1. The molecule has 0 amide bonds. The van der Waals surface area contributed by atoms with Crippen molar-refractivity contribution in [3.05, 3.63) is 83.9 Å². The minimum Gasteiger partial charge on any atom is -0.478 e. The molecule has 1 fully saturated rings. The lowest BCUT2D eigenvalue weighted by molar-refractivity contribution is 0.0697. The van der Waals surface area contributed by atoms with Gasteiger partial charge in [0.15, 0.2) is 5.11 Å². The van der Waals surface area contributed by atoms with Crippen molar-refractivity contribution in [2.75, 3.05) is 0 Å². The second-order valence-electron chi connectivity index (χ2n) is 7.29. The van der Waals surface area contributed by atoms with Crippen molar-refractivity contribution in [1.82, 2.24) is 19.8 Å². The normalized spacial score (nSPS) is 18.9. The molecule has 0 spiro atoms. The fraction of sp³-hybridized carbons (Fsp3) is 0.227. The fourth-order valence-electron chi connectivity index (χ4n) is 3.90. The average Bonchev–Trinajstić information content (AvgIpc) is 3.32. The summed E-state index contributed by atoms with van der Waals surface area (Å²) in [5.74, 6) is -0.945. The number of rotatable bonds is 5. The Morgan fingerprint density at radius 2 is 2.00 bits per heavy atom. The number of carboxylic acid groups (broad SMARTS) is 1. The van der Waals surface area contributed by atoms with Crippen LogP contribution in [0.2, 0.25) is 0 Å². The molecule has 6 nitrogen and oxygen atoms in total. The molecule has 3 heterocycles. The third-order valence-electron chi connectivity index (χ3n) is 5.15. The van der Waals surface area contributed by atoms with E-state index in [9.17, 15) is 9.90 Å². The summed E-state index contributed by atoms with van der Waals surface area (Å²) in [6, 6.07) is 16.8. The van der Waals surface area contributed by atoms with Crippen LogP contribution in [0, 0.1) is 0 Å². The molecule has 0 radical (unpaired) electrons. The quantitative estimate of drug-likeness (QED) is 0.625. The van der Waals surface area contributed by atoms with Gasteiger partial charge in [-0.3, -0.25) is 4.98 Å². The van der Waals surface area contributed by atoms with Gasteiger partial charge in [-0.15, -0.1) is 0 Å². The standard InChI is InChI=1S/C22H22N4O2S/c1-14(2)26-20(19(24-22(26)29)17-9-3-4-11-23-17)18-10-6-12-25(18)16-8-5-7-15(13-16)21(27)28/h3-14,19-20H,1-2H3,(H,24,29)(H,27,28)/t19-,20+/m0/s1. The number of aromatic nitrogens is 2.